The summed E-state index contributed by atoms with van der Waals surface area (Å²) in [5.41, 5.74) is 2.24. The normalized spacial score (nSPS) is 12.3. The third-order valence-corrected chi connectivity index (χ3v) is 2.19. The first-order chi connectivity index (χ1) is 8.29. The molecule has 0 aromatic heterocycles. The van der Waals surface area contributed by atoms with Gasteiger partial charge >= 0.3 is 0 Å². The zero-order valence-corrected chi connectivity index (χ0v) is 10.8. The smallest absolute Gasteiger partial charge is 0.275 e. The van der Waals surface area contributed by atoms with Gasteiger partial charge in [0.25, 0.3) is 5.91 Å². The van der Waals surface area contributed by atoms with E-state index in [1.807, 2.05) is 0 Å². The van der Waals surface area contributed by atoms with Crippen molar-refractivity contribution in [1.82, 2.24) is 5.43 Å². The quantitative estimate of drug-likeness (QED) is 0.561. The van der Waals surface area contributed by atoms with Crippen LogP contribution < -0.4 is 5.43 Å². The second-order valence-corrected chi connectivity index (χ2v) is 4.79. The van der Waals surface area contributed by atoms with Crippen LogP contribution in [-0.4, -0.2) is 27.4 Å². The molecule has 98 valence electrons. The minimum Gasteiger partial charge on any atom is -0.507 e. The minimum atomic E-state index is -0.868. The largest absolute Gasteiger partial charge is 0.507 e. The summed E-state index contributed by atoms with van der Waals surface area (Å²) in [7, 11) is 0. The van der Waals surface area contributed by atoms with Crippen LogP contribution in [0.2, 0.25) is 0 Å². The van der Waals surface area contributed by atoms with E-state index in [4.69, 9.17) is 0 Å². The Kier molecular flexibility index (Phi) is 4.44. The van der Waals surface area contributed by atoms with Crippen molar-refractivity contribution in [2.75, 3.05) is 0 Å². The predicted molar refractivity (Wildman–Crippen MR) is 69.6 cm³/mol. The Balaban J connectivity index is 2.67. The molecule has 3 N–H and O–H groups in total. The maximum Gasteiger partial charge on any atom is 0.275 e. The Bertz CT molecular complexity index is 462. The van der Waals surface area contributed by atoms with E-state index in [9.17, 15) is 15.0 Å². The van der Waals surface area contributed by atoms with E-state index in [-0.39, 0.29) is 11.3 Å². The van der Waals surface area contributed by atoms with E-state index in [1.54, 1.807) is 32.9 Å². The SMILES string of the molecule is C/C(CC(C)(C)O)=N\NC(=O)c1ccccc1O. The molecule has 0 aliphatic heterocycles. The second kappa shape index (κ2) is 5.64. The summed E-state index contributed by atoms with van der Waals surface area (Å²) in [6, 6.07) is 6.23. The number of carbonyl (C=O) groups is 1. The van der Waals surface area contributed by atoms with E-state index in [2.05, 4.69) is 10.5 Å². The number of para-hydroxylation sites is 1. The van der Waals surface area contributed by atoms with Crippen molar-refractivity contribution < 1.29 is 15.0 Å². The number of nitrogens with zero attached hydrogens (tertiary/aromatic N) is 1. The highest BCUT2D eigenvalue weighted by atomic mass is 16.3. The van der Waals surface area contributed by atoms with Gasteiger partial charge in [0.2, 0.25) is 0 Å². The van der Waals surface area contributed by atoms with Crippen LogP contribution in [0, 0.1) is 0 Å². The van der Waals surface area contributed by atoms with Gasteiger partial charge < -0.3 is 10.2 Å². The molecular formula is C13H18N2O3. The lowest BCUT2D eigenvalue weighted by molar-refractivity contribution is 0.0875. The number of aromatic hydroxyl groups is 1. The van der Waals surface area contributed by atoms with Crippen LogP contribution in [-0.2, 0) is 0 Å². The molecule has 1 rings (SSSR count). The van der Waals surface area contributed by atoms with Crippen LogP contribution in [0.1, 0.15) is 37.6 Å². The first kappa shape index (κ1) is 14.2. The molecule has 0 saturated carbocycles. The van der Waals surface area contributed by atoms with Crippen molar-refractivity contribution in [3.8, 4) is 5.75 Å². The molecule has 0 aliphatic rings. The molecule has 1 amide bonds. The van der Waals surface area contributed by atoms with Crippen molar-refractivity contribution in [3.63, 3.8) is 0 Å². The zero-order valence-electron chi connectivity index (χ0n) is 10.8. The lowest BCUT2D eigenvalue weighted by Gasteiger charge is -2.16. The van der Waals surface area contributed by atoms with E-state index >= 15 is 0 Å². The Labute approximate surface area is 106 Å². The molecule has 1 aromatic carbocycles. The highest BCUT2D eigenvalue weighted by Gasteiger charge is 2.14. The zero-order chi connectivity index (χ0) is 13.8. The number of nitrogens with one attached hydrogen (secondary N) is 1. The number of phenols is 1. The van der Waals surface area contributed by atoms with E-state index in [0.29, 0.717) is 12.1 Å². The summed E-state index contributed by atoms with van der Waals surface area (Å²) >= 11 is 0. The van der Waals surface area contributed by atoms with Gasteiger partial charge in [0.15, 0.2) is 0 Å². The molecule has 0 heterocycles. The van der Waals surface area contributed by atoms with Crippen molar-refractivity contribution >= 4 is 11.6 Å². The number of benzene rings is 1. The molecule has 0 fully saturated rings. The number of aliphatic hydroxyl groups is 1. The standard InChI is InChI=1S/C13H18N2O3/c1-9(8-13(2,3)18)14-15-12(17)10-6-4-5-7-11(10)16/h4-7,16,18H,8H2,1-3H3,(H,15,17)/b14-9+. The van der Waals surface area contributed by atoms with Crippen LogP contribution in [0.3, 0.4) is 0 Å². The van der Waals surface area contributed by atoms with Crippen LogP contribution in [0.15, 0.2) is 29.4 Å². The van der Waals surface area contributed by atoms with Crippen LogP contribution in [0.4, 0.5) is 0 Å². The summed E-state index contributed by atoms with van der Waals surface area (Å²) in [6.07, 6.45) is 0.355. The summed E-state index contributed by atoms with van der Waals surface area (Å²) in [6.45, 7) is 5.04. The van der Waals surface area contributed by atoms with Gasteiger partial charge in [-0.1, -0.05) is 12.1 Å². The maximum atomic E-state index is 11.7. The number of amides is 1. The van der Waals surface area contributed by atoms with E-state index in [1.165, 1.54) is 12.1 Å². The van der Waals surface area contributed by atoms with Gasteiger partial charge in [-0.05, 0) is 32.9 Å². The first-order valence-electron chi connectivity index (χ1n) is 5.63. The molecule has 0 aliphatic carbocycles. The summed E-state index contributed by atoms with van der Waals surface area (Å²) < 4.78 is 0. The summed E-state index contributed by atoms with van der Waals surface area (Å²) in [5, 5.41) is 22.9. The van der Waals surface area contributed by atoms with Crippen molar-refractivity contribution in [3.05, 3.63) is 29.8 Å². The number of hydrogen-bond donors (Lipinski definition) is 3. The second-order valence-electron chi connectivity index (χ2n) is 4.79. The molecule has 0 bridgehead atoms. The van der Waals surface area contributed by atoms with Crippen molar-refractivity contribution in [1.29, 1.82) is 0 Å². The molecule has 1 aromatic rings. The molecule has 0 unspecified atom stereocenters. The predicted octanol–water partition coefficient (Wildman–Crippen LogP) is 1.66. The molecule has 18 heavy (non-hydrogen) atoms. The Hall–Kier alpha value is -1.88. The lowest BCUT2D eigenvalue weighted by Crippen LogP contribution is -2.25. The highest BCUT2D eigenvalue weighted by molar-refractivity contribution is 5.97. The molecule has 5 heteroatoms. The first-order valence-corrected chi connectivity index (χ1v) is 5.63. The van der Waals surface area contributed by atoms with Gasteiger partial charge in [-0.25, -0.2) is 5.43 Å². The van der Waals surface area contributed by atoms with Crippen LogP contribution in [0.5, 0.6) is 5.75 Å². The fraction of sp³-hybridized carbons (Fsp3) is 0.385. The molecule has 0 saturated heterocycles. The number of hydrazone groups is 1. The van der Waals surface area contributed by atoms with Gasteiger partial charge in [-0.3, -0.25) is 4.79 Å². The van der Waals surface area contributed by atoms with Crippen molar-refractivity contribution in [2.24, 2.45) is 5.10 Å². The topological polar surface area (TPSA) is 81.9 Å². The lowest BCUT2D eigenvalue weighted by atomic mass is 10.0. The minimum absolute atomic E-state index is 0.0923. The average Bonchev–Trinajstić information content (AvgIpc) is 2.24. The van der Waals surface area contributed by atoms with Gasteiger partial charge in [-0.2, -0.15) is 5.10 Å². The van der Waals surface area contributed by atoms with Gasteiger partial charge in [0, 0.05) is 12.1 Å². The Morgan fingerprint density at radius 3 is 2.56 bits per heavy atom. The molecular weight excluding hydrogens is 232 g/mol. The molecule has 0 atom stereocenters. The highest BCUT2D eigenvalue weighted by Crippen LogP contribution is 2.15. The molecule has 0 radical (unpaired) electrons. The number of phenolic OH excluding ortho intramolecular Hbond substituents is 1. The summed E-state index contributed by atoms with van der Waals surface area (Å²) in [4.78, 5) is 11.7. The average molecular weight is 250 g/mol. The van der Waals surface area contributed by atoms with Crippen LogP contribution >= 0.6 is 0 Å². The van der Waals surface area contributed by atoms with E-state index in [0.717, 1.165) is 0 Å². The fourth-order valence-corrected chi connectivity index (χ4v) is 1.54. The maximum absolute atomic E-state index is 11.7. The van der Waals surface area contributed by atoms with Gasteiger partial charge in [0.1, 0.15) is 5.75 Å². The molecule has 0 spiro atoms. The van der Waals surface area contributed by atoms with E-state index < -0.39 is 11.5 Å². The third kappa shape index (κ3) is 4.55. The van der Waals surface area contributed by atoms with Crippen molar-refractivity contribution in [2.45, 2.75) is 32.8 Å². The Morgan fingerprint density at radius 1 is 1.39 bits per heavy atom. The van der Waals surface area contributed by atoms with Crippen LogP contribution in [0.25, 0.3) is 0 Å². The number of rotatable bonds is 4. The Morgan fingerprint density at radius 2 is 2.00 bits per heavy atom. The number of hydrogen-bond acceptors (Lipinski definition) is 4. The summed E-state index contributed by atoms with van der Waals surface area (Å²) in [5.74, 6) is -0.575. The fourth-order valence-electron chi connectivity index (χ4n) is 1.54. The number of carbonyl (C=O) groups excluding carboxylic acids is 1. The van der Waals surface area contributed by atoms with Gasteiger partial charge in [-0.15, -0.1) is 0 Å². The molecule has 5 nitrogen and oxygen atoms in total. The monoisotopic (exact) mass is 250 g/mol. The third-order valence-electron chi connectivity index (χ3n) is 2.19. The van der Waals surface area contributed by atoms with Gasteiger partial charge in [0.05, 0.1) is 11.2 Å².